The minimum absolute atomic E-state index is 0.0116. The zero-order valence-corrected chi connectivity index (χ0v) is 6.67. The lowest BCUT2D eigenvalue weighted by Gasteiger charge is -2.10. The molecule has 0 spiro atoms. The van der Waals surface area contributed by atoms with Crippen LogP contribution in [0.25, 0.3) is 0 Å². The molecule has 11 heavy (non-hydrogen) atoms. The predicted molar refractivity (Wildman–Crippen MR) is 42.1 cm³/mol. The molecule has 1 saturated carbocycles. The third-order valence-electron chi connectivity index (χ3n) is 2.21. The summed E-state index contributed by atoms with van der Waals surface area (Å²) in [5.74, 6) is -0.199. The smallest absolute Gasteiger partial charge is 0.144 e. The van der Waals surface area contributed by atoms with E-state index in [-0.39, 0.29) is 23.4 Å². The molecule has 0 bridgehead atoms. The second-order valence-electron chi connectivity index (χ2n) is 3.01. The second kappa shape index (κ2) is 2.99. The van der Waals surface area contributed by atoms with Gasteiger partial charge in [0, 0.05) is 12.8 Å². The molecule has 1 aliphatic carbocycles. The van der Waals surface area contributed by atoms with E-state index in [0.717, 1.165) is 0 Å². The lowest BCUT2D eigenvalue weighted by molar-refractivity contribution is -0.128. The molecule has 0 aliphatic heterocycles. The fraction of sp³-hybridized carbons (Fsp3) is 0.556. The Bertz CT molecular complexity index is 190. The van der Waals surface area contributed by atoms with Crippen molar-refractivity contribution in [1.29, 1.82) is 0 Å². The van der Waals surface area contributed by atoms with Crippen molar-refractivity contribution in [2.75, 3.05) is 0 Å². The Morgan fingerprint density at radius 3 is 2.27 bits per heavy atom. The molecular weight excluding hydrogens is 140 g/mol. The summed E-state index contributed by atoms with van der Waals surface area (Å²) in [6.07, 6.45) is 2.54. The van der Waals surface area contributed by atoms with Gasteiger partial charge in [-0.1, -0.05) is 13.0 Å². The molecule has 0 saturated heterocycles. The third kappa shape index (κ3) is 1.39. The fourth-order valence-corrected chi connectivity index (χ4v) is 1.46. The molecule has 60 valence electrons. The zero-order chi connectivity index (χ0) is 8.43. The van der Waals surface area contributed by atoms with Gasteiger partial charge in [0.05, 0.1) is 5.92 Å². The molecule has 1 fully saturated rings. The number of allylic oxidation sites excluding steroid dienone is 1. The first-order valence-electron chi connectivity index (χ1n) is 3.84. The van der Waals surface area contributed by atoms with Gasteiger partial charge < -0.3 is 0 Å². The van der Waals surface area contributed by atoms with E-state index in [1.807, 2.05) is 6.92 Å². The SMILES string of the molecule is C=CC(C)C1C(=O)CCC1=O. The third-order valence-corrected chi connectivity index (χ3v) is 2.21. The van der Waals surface area contributed by atoms with Crippen LogP contribution in [0, 0.1) is 11.8 Å². The van der Waals surface area contributed by atoms with Gasteiger partial charge in [-0.2, -0.15) is 0 Å². The van der Waals surface area contributed by atoms with Crippen LogP contribution >= 0.6 is 0 Å². The number of Topliss-reactive ketones (excluding diaryl/α,β-unsaturated/α-hetero) is 2. The van der Waals surface area contributed by atoms with Crippen LogP contribution in [0.4, 0.5) is 0 Å². The average molecular weight is 152 g/mol. The van der Waals surface area contributed by atoms with Crippen molar-refractivity contribution in [3.05, 3.63) is 12.7 Å². The van der Waals surface area contributed by atoms with Crippen LogP contribution in [0.3, 0.4) is 0 Å². The highest BCUT2D eigenvalue weighted by Gasteiger charge is 2.35. The Hall–Kier alpha value is -0.920. The Balaban J connectivity index is 2.75. The van der Waals surface area contributed by atoms with Crippen LogP contribution in [0.15, 0.2) is 12.7 Å². The molecule has 1 unspecified atom stereocenters. The summed E-state index contributed by atoms with van der Waals surface area (Å²) in [6, 6.07) is 0. The second-order valence-corrected chi connectivity index (χ2v) is 3.01. The minimum atomic E-state index is -0.382. The quantitative estimate of drug-likeness (QED) is 0.442. The predicted octanol–water partition coefficient (Wildman–Crippen LogP) is 1.36. The van der Waals surface area contributed by atoms with Crippen molar-refractivity contribution >= 4 is 11.6 Å². The number of hydrogen-bond donors (Lipinski definition) is 0. The molecule has 0 aromatic heterocycles. The highest BCUT2D eigenvalue weighted by atomic mass is 16.2. The van der Waals surface area contributed by atoms with Gasteiger partial charge in [-0.25, -0.2) is 0 Å². The maximum Gasteiger partial charge on any atom is 0.144 e. The van der Waals surface area contributed by atoms with Crippen molar-refractivity contribution < 1.29 is 9.59 Å². The van der Waals surface area contributed by atoms with Crippen molar-refractivity contribution in [3.8, 4) is 0 Å². The van der Waals surface area contributed by atoms with Gasteiger partial charge in [-0.05, 0) is 5.92 Å². The van der Waals surface area contributed by atoms with E-state index in [1.54, 1.807) is 6.08 Å². The Morgan fingerprint density at radius 1 is 1.45 bits per heavy atom. The summed E-state index contributed by atoms with van der Waals surface area (Å²) in [5, 5.41) is 0. The summed E-state index contributed by atoms with van der Waals surface area (Å²) >= 11 is 0. The molecule has 1 atom stereocenters. The number of carbonyl (C=O) groups excluding carboxylic acids is 2. The lowest BCUT2D eigenvalue weighted by atomic mass is 9.91. The van der Waals surface area contributed by atoms with Crippen molar-refractivity contribution in [3.63, 3.8) is 0 Å². The van der Waals surface area contributed by atoms with Gasteiger partial charge in [0.2, 0.25) is 0 Å². The van der Waals surface area contributed by atoms with Gasteiger partial charge in [0.15, 0.2) is 0 Å². The molecule has 0 aromatic carbocycles. The molecule has 2 nitrogen and oxygen atoms in total. The number of ketones is 2. The summed E-state index contributed by atoms with van der Waals surface area (Å²) < 4.78 is 0. The Kier molecular flexibility index (Phi) is 2.22. The van der Waals surface area contributed by atoms with Crippen molar-refractivity contribution in [1.82, 2.24) is 0 Å². The molecule has 0 aromatic rings. The molecule has 0 amide bonds. The maximum absolute atomic E-state index is 11.1. The Labute approximate surface area is 66.3 Å². The van der Waals surface area contributed by atoms with Gasteiger partial charge >= 0.3 is 0 Å². The van der Waals surface area contributed by atoms with E-state index in [2.05, 4.69) is 6.58 Å². The van der Waals surface area contributed by atoms with E-state index in [0.29, 0.717) is 12.8 Å². The van der Waals surface area contributed by atoms with Gasteiger partial charge in [0.25, 0.3) is 0 Å². The number of hydrogen-bond acceptors (Lipinski definition) is 2. The van der Waals surface area contributed by atoms with E-state index in [4.69, 9.17) is 0 Å². The van der Waals surface area contributed by atoms with Crippen LogP contribution in [-0.4, -0.2) is 11.6 Å². The van der Waals surface area contributed by atoms with Crippen LogP contribution in [0.5, 0.6) is 0 Å². The summed E-state index contributed by atoms with van der Waals surface area (Å²) in [7, 11) is 0. The number of carbonyl (C=O) groups is 2. The fourth-order valence-electron chi connectivity index (χ4n) is 1.46. The first-order valence-corrected chi connectivity index (χ1v) is 3.84. The lowest BCUT2D eigenvalue weighted by Crippen LogP contribution is -2.20. The standard InChI is InChI=1S/C9H12O2/c1-3-6(2)9-7(10)4-5-8(9)11/h3,6,9H,1,4-5H2,2H3. The molecule has 1 aliphatic rings. The van der Waals surface area contributed by atoms with Gasteiger partial charge in [-0.15, -0.1) is 6.58 Å². The monoisotopic (exact) mass is 152 g/mol. The normalized spacial score (nSPS) is 22.3. The van der Waals surface area contributed by atoms with E-state index >= 15 is 0 Å². The number of rotatable bonds is 2. The largest absolute Gasteiger partial charge is 0.299 e. The summed E-state index contributed by atoms with van der Waals surface area (Å²) in [6.45, 7) is 5.43. The molecular formula is C9H12O2. The van der Waals surface area contributed by atoms with E-state index in [1.165, 1.54) is 0 Å². The van der Waals surface area contributed by atoms with Crippen molar-refractivity contribution in [2.24, 2.45) is 11.8 Å². The minimum Gasteiger partial charge on any atom is -0.299 e. The van der Waals surface area contributed by atoms with Crippen LogP contribution in [0.1, 0.15) is 19.8 Å². The topological polar surface area (TPSA) is 34.1 Å². The first-order chi connectivity index (χ1) is 5.16. The summed E-state index contributed by atoms with van der Waals surface area (Å²) in [5.41, 5.74) is 0. The van der Waals surface area contributed by atoms with Crippen LogP contribution < -0.4 is 0 Å². The van der Waals surface area contributed by atoms with Crippen LogP contribution in [0.2, 0.25) is 0 Å². The molecule has 0 radical (unpaired) electrons. The maximum atomic E-state index is 11.1. The van der Waals surface area contributed by atoms with Gasteiger partial charge in [-0.3, -0.25) is 9.59 Å². The molecule has 0 heterocycles. The molecule has 1 rings (SSSR count). The molecule has 0 N–H and O–H groups in total. The van der Waals surface area contributed by atoms with Crippen molar-refractivity contribution in [2.45, 2.75) is 19.8 Å². The zero-order valence-electron chi connectivity index (χ0n) is 6.67. The van der Waals surface area contributed by atoms with Crippen LogP contribution in [-0.2, 0) is 9.59 Å². The first kappa shape index (κ1) is 8.18. The van der Waals surface area contributed by atoms with E-state index < -0.39 is 0 Å². The molecule has 2 heteroatoms. The highest BCUT2D eigenvalue weighted by molar-refractivity contribution is 6.08. The summed E-state index contributed by atoms with van der Waals surface area (Å²) in [4.78, 5) is 22.2. The van der Waals surface area contributed by atoms with E-state index in [9.17, 15) is 9.59 Å². The van der Waals surface area contributed by atoms with Gasteiger partial charge in [0.1, 0.15) is 11.6 Å². The average Bonchev–Trinajstić information content (AvgIpc) is 2.30. The highest BCUT2D eigenvalue weighted by Crippen LogP contribution is 2.25. The Morgan fingerprint density at radius 2 is 1.91 bits per heavy atom.